The summed E-state index contributed by atoms with van der Waals surface area (Å²) in [6.07, 6.45) is 4.16. The van der Waals surface area contributed by atoms with Crippen molar-refractivity contribution in [1.82, 2.24) is 10.2 Å². The third-order valence-corrected chi connectivity index (χ3v) is 4.77. The lowest BCUT2D eigenvalue weighted by Gasteiger charge is -2.18. The zero-order valence-electron chi connectivity index (χ0n) is 10.5. The Hall–Kier alpha value is 0.270. The minimum Gasteiger partial charge on any atom is -0.317 e. The van der Waals surface area contributed by atoms with Gasteiger partial charge in [0, 0.05) is 23.6 Å². The summed E-state index contributed by atoms with van der Waals surface area (Å²) in [5.74, 6) is 1.31. The Morgan fingerprint density at radius 2 is 2.00 bits per heavy atom. The molecule has 0 spiro atoms. The largest absolute Gasteiger partial charge is 0.317 e. The van der Waals surface area contributed by atoms with Crippen LogP contribution < -0.4 is 5.32 Å². The standard InChI is InChI=1S/C12H26N2S/c1-4-14(5-2)8-9-15-12-7-6-11(10-12)13-3/h11-13H,4-10H2,1-3H3. The third-order valence-electron chi connectivity index (χ3n) is 3.45. The predicted molar refractivity (Wildman–Crippen MR) is 70.7 cm³/mol. The van der Waals surface area contributed by atoms with Crippen LogP contribution in [0.1, 0.15) is 33.1 Å². The van der Waals surface area contributed by atoms with Gasteiger partial charge in [-0.3, -0.25) is 0 Å². The number of rotatable bonds is 7. The van der Waals surface area contributed by atoms with Crippen molar-refractivity contribution in [2.75, 3.05) is 32.4 Å². The van der Waals surface area contributed by atoms with Crippen molar-refractivity contribution in [3.05, 3.63) is 0 Å². The topological polar surface area (TPSA) is 15.3 Å². The molecule has 0 saturated heterocycles. The van der Waals surface area contributed by atoms with Crippen molar-refractivity contribution in [2.45, 2.75) is 44.4 Å². The number of nitrogens with one attached hydrogen (secondary N) is 1. The van der Waals surface area contributed by atoms with Gasteiger partial charge in [0.2, 0.25) is 0 Å². The van der Waals surface area contributed by atoms with E-state index in [9.17, 15) is 0 Å². The maximum Gasteiger partial charge on any atom is 0.00750 e. The van der Waals surface area contributed by atoms with Crippen molar-refractivity contribution >= 4 is 11.8 Å². The molecule has 0 aromatic carbocycles. The summed E-state index contributed by atoms with van der Waals surface area (Å²) in [5.41, 5.74) is 0. The molecule has 2 atom stereocenters. The zero-order chi connectivity index (χ0) is 11.1. The van der Waals surface area contributed by atoms with Crippen LogP contribution in [-0.2, 0) is 0 Å². The molecule has 1 rings (SSSR count). The van der Waals surface area contributed by atoms with E-state index in [1.165, 1.54) is 44.6 Å². The minimum absolute atomic E-state index is 0.788. The van der Waals surface area contributed by atoms with Gasteiger partial charge in [-0.05, 0) is 39.4 Å². The molecule has 0 aliphatic heterocycles. The molecule has 0 aromatic heterocycles. The fraction of sp³-hybridized carbons (Fsp3) is 1.00. The Morgan fingerprint density at radius 1 is 1.27 bits per heavy atom. The molecule has 15 heavy (non-hydrogen) atoms. The summed E-state index contributed by atoms with van der Waals surface area (Å²) in [7, 11) is 2.09. The molecule has 1 N–H and O–H groups in total. The molecular weight excluding hydrogens is 204 g/mol. The molecule has 2 nitrogen and oxygen atoms in total. The molecule has 0 heterocycles. The van der Waals surface area contributed by atoms with Crippen molar-refractivity contribution in [3.63, 3.8) is 0 Å². The van der Waals surface area contributed by atoms with E-state index in [1.54, 1.807) is 0 Å². The molecule has 1 aliphatic rings. The molecule has 0 aromatic rings. The quantitative estimate of drug-likeness (QED) is 0.722. The van der Waals surface area contributed by atoms with Crippen LogP contribution in [0.5, 0.6) is 0 Å². The molecule has 0 radical (unpaired) electrons. The van der Waals surface area contributed by atoms with E-state index >= 15 is 0 Å². The number of hydrogen-bond donors (Lipinski definition) is 1. The lowest BCUT2D eigenvalue weighted by atomic mass is 10.3. The maximum absolute atomic E-state index is 3.39. The van der Waals surface area contributed by atoms with Crippen LogP contribution in [0, 0.1) is 0 Å². The van der Waals surface area contributed by atoms with E-state index in [4.69, 9.17) is 0 Å². The summed E-state index contributed by atoms with van der Waals surface area (Å²) in [6, 6.07) is 0.788. The third kappa shape index (κ3) is 4.75. The predicted octanol–water partition coefficient (Wildman–Crippen LogP) is 2.20. The van der Waals surface area contributed by atoms with E-state index < -0.39 is 0 Å². The van der Waals surface area contributed by atoms with E-state index in [1.807, 2.05) is 0 Å². The van der Waals surface area contributed by atoms with Gasteiger partial charge >= 0.3 is 0 Å². The lowest BCUT2D eigenvalue weighted by Crippen LogP contribution is -2.26. The van der Waals surface area contributed by atoms with Crippen LogP contribution in [-0.4, -0.2) is 48.6 Å². The van der Waals surface area contributed by atoms with Crippen molar-refractivity contribution in [2.24, 2.45) is 0 Å². The minimum atomic E-state index is 0.788. The highest BCUT2D eigenvalue weighted by Crippen LogP contribution is 2.29. The summed E-state index contributed by atoms with van der Waals surface area (Å²) >= 11 is 2.18. The smallest absolute Gasteiger partial charge is 0.00750 e. The maximum atomic E-state index is 3.39. The first kappa shape index (κ1) is 13.3. The zero-order valence-corrected chi connectivity index (χ0v) is 11.3. The first-order chi connectivity index (χ1) is 7.30. The van der Waals surface area contributed by atoms with E-state index in [0.29, 0.717) is 0 Å². The number of hydrogen-bond acceptors (Lipinski definition) is 3. The van der Waals surface area contributed by atoms with E-state index in [-0.39, 0.29) is 0 Å². The molecule has 2 unspecified atom stereocenters. The normalized spacial score (nSPS) is 26.4. The van der Waals surface area contributed by atoms with E-state index in [0.717, 1.165) is 11.3 Å². The van der Waals surface area contributed by atoms with Gasteiger partial charge in [0.15, 0.2) is 0 Å². The van der Waals surface area contributed by atoms with Crippen LogP contribution in [0.25, 0.3) is 0 Å². The summed E-state index contributed by atoms with van der Waals surface area (Å²) in [6.45, 7) is 8.15. The van der Waals surface area contributed by atoms with Crippen LogP contribution in [0.2, 0.25) is 0 Å². The second-order valence-corrected chi connectivity index (χ2v) is 5.73. The Kier molecular flexibility index (Phi) is 6.69. The fourth-order valence-electron chi connectivity index (χ4n) is 2.24. The lowest BCUT2D eigenvalue weighted by molar-refractivity contribution is 0.323. The second-order valence-electron chi connectivity index (χ2n) is 4.32. The van der Waals surface area contributed by atoms with Gasteiger partial charge in [-0.25, -0.2) is 0 Å². The van der Waals surface area contributed by atoms with Gasteiger partial charge in [0.25, 0.3) is 0 Å². The molecule has 1 aliphatic carbocycles. The second kappa shape index (κ2) is 7.53. The highest BCUT2D eigenvalue weighted by atomic mass is 32.2. The Bertz CT molecular complexity index is 160. The highest BCUT2D eigenvalue weighted by Gasteiger charge is 2.23. The van der Waals surface area contributed by atoms with Gasteiger partial charge in [-0.2, -0.15) is 11.8 Å². The summed E-state index contributed by atoms with van der Waals surface area (Å²) < 4.78 is 0. The van der Waals surface area contributed by atoms with Gasteiger partial charge in [0.05, 0.1) is 0 Å². The molecule has 90 valence electrons. The molecule has 0 bridgehead atoms. The fourth-order valence-corrected chi connectivity index (χ4v) is 3.61. The van der Waals surface area contributed by atoms with Crippen LogP contribution in [0.4, 0.5) is 0 Å². The SMILES string of the molecule is CCN(CC)CCSC1CCC(NC)C1. The van der Waals surface area contributed by atoms with Crippen LogP contribution in [0.15, 0.2) is 0 Å². The van der Waals surface area contributed by atoms with Crippen LogP contribution >= 0.6 is 11.8 Å². The highest BCUT2D eigenvalue weighted by molar-refractivity contribution is 7.99. The van der Waals surface area contributed by atoms with Gasteiger partial charge in [-0.1, -0.05) is 13.8 Å². The Morgan fingerprint density at radius 3 is 2.53 bits per heavy atom. The van der Waals surface area contributed by atoms with Gasteiger partial charge in [-0.15, -0.1) is 0 Å². The average molecular weight is 230 g/mol. The molecule has 0 amide bonds. The molecule has 1 fully saturated rings. The summed E-state index contributed by atoms with van der Waals surface area (Å²) in [5, 5.41) is 4.31. The molecular formula is C12H26N2S. The molecule has 1 saturated carbocycles. The van der Waals surface area contributed by atoms with Gasteiger partial charge in [0.1, 0.15) is 0 Å². The summed E-state index contributed by atoms with van der Waals surface area (Å²) in [4.78, 5) is 2.51. The van der Waals surface area contributed by atoms with Crippen molar-refractivity contribution in [1.29, 1.82) is 0 Å². The average Bonchev–Trinajstić information content (AvgIpc) is 2.72. The van der Waals surface area contributed by atoms with Crippen LogP contribution in [0.3, 0.4) is 0 Å². The first-order valence-electron chi connectivity index (χ1n) is 6.31. The molecule has 3 heteroatoms. The van der Waals surface area contributed by atoms with E-state index in [2.05, 4.69) is 42.9 Å². The first-order valence-corrected chi connectivity index (χ1v) is 7.36. The Balaban J connectivity index is 2.05. The van der Waals surface area contributed by atoms with Crippen molar-refractivity contribution < 1.29 is 0 Å². The monoisotopic (exact) mass is 230 g/mol. The number of nitrogens with zero attached hydrogens (tertiary/aromatic N) is 1. The van der Waals surface area contributed by atoms with Gasteiger partial charge < -0.3 is 10.2 Å². The Labute approximate surface area is 99.2 Å². The number of thioether (sulfide) groups is 1. The van der Waals surface area contributed by atoms with Crippen molar-refractivity contribution in [3.8, 4) is 0 Å².